The summed E-state index contributed by atoms with van der Waals surface area (Å²) in [6.45, 7) is 2.31. The molecular formula is C13H31NO4S. The third-order valence-corrected chi connectivity index (χ3v) is 3.19. The van der Waals surface area contributed by atoms with E-state index in [0.717, 1.165) is 12.8 Å². The summed E-state index contributed by atoms with van der Waals surface area (Å²) in [5.41, 5.74) is 4.50. The van der Waals surface area contributed by atoms with Gasteiger partial charge in [-0.1, -0.05) is 64.7 Å². The normalized spacial score (nSPS) is 10.9. The van der Waals surface area contributed by atoms with E-state index < -0.39 is 10.4 Å². The van der Waals surface area contributed by atoms with Gasteiger partial charge in [-0.15, -0.1) is 0 Å². The Balaban J connectivity index is 0. The Morgan fingerprint density at radius 1 is 0.842 bits per heavy atom. The zero-order valence-electron chi connectivity index (χ0n) is 12.4. The highest BCUT2D eigenvalue weighted by Crippen LogP contribution is 2.10. The molecule has 0 bridgehead atoms. The van der Waals surface area contributed by atoms with E-state index in [-0.39, 0.29) is 6.61 Å². The van der Waals surface area contributed by atoms with Crippen LogP contribution in [0.4, 0.5) is 0 Å². The van der Waals surface area contributed by atoms with Gasteiger partial charge in [-0.05, 0) is 13.5 Å². The van der Waals surface area contributed by atoms with Crippen LogP contribution in [0, 0.1) is 0 Å². The molecule has 0 saturated heterocycles. The van der Waals surface area contributed by atoms with E-state index in [2.05, 4.69) is 16.8 Å². The third kappa shape index (κ3) is 23.4. The van der Waals surface area contributed by atoms with Crippen molar-refractivity contribution in [1.29, 1.82) is 0 Å². The molecule has 0 aromatic carbocycles. The summed E-state index contributed by atoms with van der Waals surface area (Å²) in [5.74, 6) is 0. The molecule has 118 valence electrons. The Kier molecular flexibility index (Phi) is 17.7. The summed E-state index contributed by atoms with van der Waals surface area (Å²) in [4.78, 5) is 0. The fourth-order valence-corrected chi connectivity index (χ4v) is 2.08. The van der Waals surface area contributed by atoms with Crippen molar-refractivity contribution in [3.05, 3.63) is 0 Å². The zero-order valence-corrected chi connectivity index (χ0v) is 13.3. The first kappa shape index (κ1) is 21.1. The van der Waals surface area contributed by atoms with Gasteiger partial charge in [0.2, 0.25) is 0 Å². The molecule has 0 aromatic rings. The van der Waals surface area contributed by atoms with E-state index in [1.807, 2.05) is 0 Å². The fourth-order valence-electron chi connectivity index (χ4n) is 1.75. The summed E-state index contributed by atoms with van der Waals surface area (Å²) < 4.78 is 33.0. The van der Waals surface area contributed by atoms with Crippen molar-refractivity contribution in [1.82, 2.24) is 0 Å². The van der Waals surface area contributed by atoms with E-state index >= 15 is 0 Å². The lowest BCUT2D eigenvalue weighted by Crippen LogP contribution is -2.04. The van der Waals surface area contributed by atoms with Crippen molar-refractivity contribution >= 4 is 10.4 Å². The first-order valence-corrected chi connectivity index (χ1v) is 8.62. The topological polar surface area (TPSA) is 89.6 Å². The molecule has 0 radical (unpaired) electrons. The molecule has 0 aromatic heterocycles. The summed E-state index contributed by atoms with van der Waals surface area (Å²) in [6.07, 6.45) is 11.9. The molecule has 6 heteroatoms. The number of hydrogen-bond acceptors (Lipinski definition) is 4. The molecule has 0 rings (SSSR count). The van der Waals surface area contributed by atoms with Gasteiger partial charge in [-0.3, -0.25) is 4.55 Å². The predicted molar refractivity (Wildman–Crippen MR) is 79.5 cm³/mol. The monoisotopic (exact) mass is 297 g/mol. The van der Waals surface area contributed by atoms with Gasteiger partial charge in [0.1, 0.15) is 0 Å². The van der Waals surface area contributed by atoms with Crippen LogP contribution < -0.4 is 5.73 Å². The van der Waals surface area contributed by atoms with Crippen molar-refractivity contribution in [2.24, 2.45) is 5.73 Å². The average molecular weight is 297 g/mol. The van der Waals surface area contributed by atoms with Crippen molar-refractivity contribution in [3.8, 4) is 0 Å². The van der Waals surface area contributed by atoms with Crippen LogP contribution in [0.2, 0.25) is 0 Å². The second kappa shape index (κ2) is 15.9. The molecule has 0 aliphatic carbocycles. The van der Waals surface area contributed by atoms with Crippen LogP contribution in [-0.2, 0) is 14.6 Å². The maximum absolute atomic E-state index is 10.2. The first-order chi connectivity index (χ1) is 9.06. The molecule has 0 aliphatic heterocycles. The van der Waals surface area contributed by atoms with Gasteiger partial charge in [0, 0.05) is 0 Å². The Morgan fingerprint density at radius 2 is 1.21 bits per heavy atom. The Morgan fingerprint density at radius 3 is 1.58 bits per heavy atom. The molecule has 5 nitrogen and oxygen atoms in total. The van der Waals surface area contributed by atoms with E-state index in [4.69, 9.17) is 4.55 Å². The largest absolute Gasteiger partial charge is 0.397 e. The molecule has 0 heterocycles. The van der Waals surface area contributed by atoms with Crippen LogP contribution in [-0.4, -0.2) is 26.6 Å². The van der Waals surface area contributed by atoms with E-state index in [9.17, 15) is 8.42 Å². The van der Waals surface area contributed by atoms with Gasteiger partial charge in [-0.2, -0.15) is 8.42 Å². The lowest BCUT2D eigenvalue weighted by molar-refractivity contribution is 0.261. The highest BCUT2D eigenvalue weighted by molar-refractivity contribution is 7.80. The molecule has 0 amide bonds. The van der Waals surface area contributed by atoms with Crippen molar-refractivity contribution in [3.63, 3.8) is 0 Å². The summed E-state index contributed by atoms with van der Waals surface area (Å²) in [5, 5.41) is 0. The lowest BCUT2D eigenvalue weighted by atomic mass is 10.1. The van der Waals surface area contributed by atoms with Crippen LogP contribution in [0.3, 0.4) is 0 Å². The quantitative estimate of drug-likeness (QED) is 0.426. The number of hydrogen-bond donors (Lipinski definition) is 2. The first-order valence-electron chi connectivity index (χ1n) is 7.26. The molecule has 0 saturated carbocycles. The minimum Gasteiger partial charge on any atom is -0.333 e. The van der Waals surface area contributed by atoms with Gasteiger partial charge in [0.05, 0.1) is 6.61 Å². The summed E-state index contributed by atoms with van der Waals surface area (Å²) >= 11 is 0. The minimum absolute atomic E-state index is 0.0926. The molecule has 0 atom stereocenters. The zero-order chi connectivity index (χ0) is 15.0. The second-order valence-electron chi connectivity index (χ2n) is 4.43. The minimum atomic E-state index is -4.23. The van der Waals surface area contributed by atoms with E-state index in [1.165, 1.54) is 52.0 Å². The third-order valence-electron chi connectivity index (χ3n) is 2.73. The van der Waals surface area contributed by atoms with E-state index in [1.54, 1.807) is 0 Å². The van der Waals surface area contributed by atoms with Gasteiger partial charge in [0.15, 0.2) is 0 Å². The molecule has 0 fully saturated rings. The number of nitrogens with two attached hydrogens (primary N) is 1. The molecule has 3 N–H and O–H groups in total. The van der Waals surface area contributed by atoms with Gasteiger partial charge >= 0.3 is 10.4 Å². The van der Waals surface area contributed by atoms with Gasteiger partial charge in [0.25, 0.3) is 0 Å². The van der Waals surface area contributed by atoms with Crippen LogP contribution >= 0.6 is 0 Å². The molecule has 0 unspecified atom stereocenters. The van der Waals surface area contributed by atoms with Crippen molar-refractivity contribution < 1.29 is 17.2 Å². The Hall–Kier alpha value is -0.170. The number of rotatable bonds is 12. The average Bonchev–Trinajstić information content (AvgIpc) is 2.37. The summed E-state index contributed by atoms with van der Waals surface area (Å²) in [7, 11) is -2.73. The highest BCUT2D eigenvalue weighted by atomic mass is 32.3. The molecule has 0 spiro atoms. The number of unbranched alkanes of at least 4 members (excludes halogenated alkanes) is 9. The lowest BCUT2D eigenvalue weighted by Gasteiger charge is -2.02. The Bertz CT molecular complexity index is 255. The van der Waals surface area contributed by atoms with Crippen molar-refractivity contribution in [2.45, 2.75) is 71.1 Å². The molecule has 0 aliphatic rings. The highest BCUT2D eigenvalue weighted by Gasteiger charge is 2.02. The van der Waals surface area contributed by atoms with Crippen LogP contribution in [0.1, 0.15) is 71.1 Å². The molecule has 19 heavy (non-hydrogen) atoms. The maximum Gasteiger partial charge on any atom is 0.397 e. The smallest absolute Gasteiger partial charge is 0.333 e. The van der Waals surface area contributed by atoms with Crippen LogP contribution in [0.25, 0.3) is 0 Å². The fraction of sp³-hybridized carbons (Fsp3) is 1.00. The predicted octanol–water partition coefficient (Wildman–Crippen LogP) is 3.30. The SMILES string of the molecule is CCCCCCCCCCCCOS(=O)(=O)O.CN. The van der Waals surface area contributed by atoms with Crippen LogP contribution in [0.5, 0.6) is 0 Å². The Labute approximate surface area is 118 Å². The van der Waals surface area contributed by atoms with Crippen molar-refractivity contribution in [2.75, 3.05) is 13.7 Å². The van der Waals surface area contributed by atoms with Gasteiger partial charge < -0.3 is 5.73 Å². The van der Waals surface area contributed by atoms with E-state index in [0.29, 0.717) is 6.42 Å². The second-order valence-corrected chi connectivity index (χ2v) is 5.52. The summed E-state index contributed by atoms with van der Waals surface area (Å²) in [6, 6.07) is 0. The standard InChI is InChI=1S/C12H26O4S.CH5N/c1-2-3-4-5-6-7-8-9-10-11-12-16-17(13,14)15;1-2/h2-12H2,1H3,(H,13,14,15);2H2,1H3. The maximum atomic E-state index is 10.2. The van der Waals surface area contributed by atoms with Gasteiger partial charge in [-0.25, -0.2) is 4.18 Å². The van der Waals surface area contributed by atoms with Crippen LogP contribution in [0.15, 0.2) is 0 Å². The molecular weight excluding hydrogens is 266 g/mol.